The third kappa shape index (κ3) is 2.72. The van der Waals surface area contributed by atoms with E-state index in [4.69, 9.17) is 4.74 Å². The lowest BCUT2D eigenvalue weighted by Gasteiger charge is -2.18. The minimum atomic E-state index is -0.352. The van der Waals surface area contributed by atoms with Gasteiger partial charge in [0.15, 0.2) is 0 Å². The molecule has 0 bridgehead atoms. The summed E-state index contributed by atoms with van der Waals surface area (Å²) in [7, 11) is 0. The zero-order valence-corrected chi connectivity index (χ0v) is 11.0. The van der Waals surface area contributed by atoms with Gasteiger partial charge in [0.1, 0.15) is 6.10 Å². The highest BCUT2D eigenvalue weighted by Crippen LogP contribution is 2.33. The maximum atomic E-state index is 11.6. The van der Waals surface area contributed by atoms with E-state index in [1.54, 1.807) is 0 Å². The summed E-state index contributed by atoms with van der Waals surface area (Å²) in [4.78, 5) is 11.6. The number of esters is 1. The van der Waals surface area contributed by atoms with Crippen molar-refractivity contribution in [1.29, 1.82) is 0 Å². The van der Waals surface area contributed by atoms with Crippen LogP contribution in [0.5, 0.6) is 0 Å². The van der Waals surface area contributed by atoms with Crippen molar-refractivity contribution in [3.63, 3.8) is 0 Å². The van der Waals surface area contributed by atoms with E-state index in [0.29, 0.717) is 18.4 Å². The molecule has 18 heavy (non-hydrogen) atoms. The van der Waals surface area contributed by atoms with Crippen molar-refractivity contribution >= 4 is 5.97 Å². The molecule has 0 aromatic heterocycles. The molecule has 2 aliphatic rings. The smallest absolute Gasteiger partial charge is 0.334 e. The van der Waals surface area contributed by atoms with Crippen LogP contribution in [0.15, 0.2) is 35.5 Å². The molecule has 98 valence electrons. The lowest BCUT2D eigenvalue weighted by molar-refractivity contribution is -0.137. The topological polar surface area (TPSA) is 46.5 Å². The molecule has 1 N–H and O–H groups in total. The van der Waals surface area contributed by atoms with Gasteiger partial charge in [0.05, 0.1) is 6.10 Å². The van der Waals surface area contributed by atoms with Crippen molar-refractivity contribution in [2.75, 3.05) is 0 Å². The van der Waals surface area contributed by atoms with Gasteiger partial charge in [0.25, 0.3) is 0 Å². The van der Waals surface area contributed by atoms with Crippen molar-refractivity contribution in [3.05, 3.63) is 35.5 Å². The second-order valence-electron chi connectivity index (χ2n) is 5.36. The Hall–Kier alpha value is -1.35. The van der Waals surface area contributed by atoms with Crippen LogP contribution in [-0.4, -0.2) is 23.3 Å². The monoisotopic (exact) mass is 248 g/mol. The number of aliphatic hydroxyl groups excluding tert-OH is 1. The zero-order valence-electron chi connectivity index (χ0n) is 11.0. The Labute approximate surface area is 108 Å². The van der Waals surface area contributed by atoms with Crippen LogP contribution in [0.4, 0.5) is 0 Å². The van der Waals surface area contributed by atoms with Crippen molar-refractivity contribution in [2.24, 2.45) is 5.92 Å². The van der Waals surface area contributed by atoms with Crippen LogP contribution in [0.1, 0.15) is 33.1 Å². The molecule has 0 spiro atoms. The normalized spacial score (nSPS) is 33.4. The molecule has 3 heteroatoms. The highest BCUT2D eigenvalue weighted by molar-refractivity contribution is 5.91. The van der Waals surface area contributed by atoms with Crippen LogP contribution >= 0.6 is 0 Å². The van der Waals surface area contributed by atoms with Crippen LogP contribution in [0.25, 0.3) is 0 Å². The van der Waals surface area contributed by atoms with Gasteiger partial charge in [-0.05, 0) is 39.2 Å². The van der Waals surface area contributed by atoms with Crippen molar-refractivity contribution in [1.82, 2.24) is 0 Å². The van der Waals surface area contributed by atoms with E-state index in [-0.39, 0.29) is 24.1 Å². The van der Waals surface area contributed by atoms with Gasteiger partial charge in [0, 0.05) is 11.5 Å². The molecule has 1 aliphatic heterocycles. The minimum absolute atomic E-state index is 0.0395. The van der Waals surface area contributed by atoms with Gasteiger partial charge in [0.2, 0.25) is 0 Å². The lowest BCUT2D eigenvalue weighted by Crippen LogP contribution is -2.17. The molecular weight excluding hydrogens is 228 g/mol. The molecule has 0 radical (unpaired) electrons. The van der Waals surface area contributed by atoms with Gasteiger partial charge in [-0.2, -0.15) is 0 Å². The van der Waals surface area contributed by atoms with Gasteiger partial charge in [-0.25, -0.2) is 4.79 Å². The van der Waals surface area contributed by atoms with Crippen molar-refractivity contribution in [2.45, 2.75) is 45.3 Å². The molecule has 3 unspecified atom stereocenters. The van der Waals surface area contributed by atoms with E-state index in [1.165, 1.54) is 0 Å². The van der Waals surface area contributed by atoms with E-state index in [1.807, 2.05) is 19.9 Å². The Morgan fingerprint density at radius 3 is 2.72 bits per heavy atom. The second kappa shape index (κ2) is 5.11. The number of fused-ring (bicyclic) bond motifs is 1. The largest absolute Gasteiger partial charge is 0.454 e. The van der Waals surface area contributed by atoms with E-state index in [9.17, 15) is 9.90 Å². The van der Waals surface area contributed by atoms with Crippen LogP contribution < -0.4 is 0 Å². The summed E-state index contributed by atoms with van der Waals surface area (Å²) >= 11 is 0. The number of carbonyl (C=O) groups is 1. The Kier molecular flexibility index (Phi) is 3.71. The lowest BCUT2D eigenvalue weighted by atomic mass is 9.89. The summed E-state index contributed by atoms with van der Waals surface area (Å²) in [5.74, 6) is -0.252. The standard InChI is InChI=1S/C15H20O3/c1-9-4-5-13-11(3)15(17)18-14(13)8-10(2)7-12(16)6-9/h4,8,12-14,16H,3,5-7H2,1-2H3. The van der Waals surface area contributed by atoms with Gasteiger partial charge in [-0.15, -0.1) is 0 Å². The third-order valence-electron chi connectivity index (χ3n) is 3.63. The van der Waals surface area contributed by atoms with Crippen molar-refractivity contribution in [3.8, 4) is 0 Å². The Balaban J connectivity index is 2.28. The summed E-state index contributed by atoms with van der Waals surface area (Å²) in [6, 6.07) is 0. The molecule has 0 saturated carbocycles. The molecule has 3 atom stereocenters. The van der Waals surface area contributed by atoms with Crippen LogP contribution in [0.2, 0.25) is 0 Å². The molecule has 3 nitrogen and oxygen atoms in total. The van der Waals surface area contributed by atoms with Crippen LogP contribution in [0, 0.1) is 5.92 Å². The molecule has 2 rings (SSSR count). The molecule has 1 fully saturated rings. The van der Waals surface area contributed by atoms with E-state index in [0.717, 1.165) is 17.6 Å². The van der Waals surface area contributed by atoms with Gasteiger partial charge >= 0.3 is 5.97 Å². The van der Waals surface area contributed by atoms with Gasteiger partial charge in [-0.1, -0.05) is 23.8 Å². The van der Waals surface area contributed by atoms with Gasteiger partial charge < -0.3 is 9.84 Å². The first kappa shape index (κ1) is 13.1. The predicted octanol–water partition coefficient (Wildman–Crippen LogP) is 2.52. The predicted molar refractivity (Wildman–Crippen MR) is 69.9 cm³/mol. The van der Waals surface area contributed by atoms with E-state index in [2.05, 4.69) is 12.7 Å². The fraction of sp³-hybridized carbons (Fsp3) is 0.533. The quantitative estimate of drug-likeness (QED) is 0.407. The molecule has 1 saturated heterocycles. The number of aliphatic hydroxyl groups is 1. The maximum absolute atomic E-state index is 11.6. The zero-order chi connectivity index (χ0) is 13.3. The average molecular weight is 248 g/mol. The maximum Gasteiger partial charge on any atom is 0.334 e. The first-order valence-electron chi connectivity index (χ1n) is 6.38. The number of rotatable bonds is 0. The number of ether oxygens (including phenoxy) is 1. The first-order chi connectivity index (χ1) is 8.47. The van der Waals surface area contributed by atoms with Crippen molar-refractivity contribution < 1.29 is 14.6 Å². The molecule has 1 aliphatic carbocycles. The van der Waals surface area contributed by atoms with E-state index >= 15 is 0 Å². The fourth-order valence-corrected chi connectivity index (χ4v) is 2.63. The third-order valence-corrected chi connectivity index (χ3v) is 3.63. The Morgan fingerprint density at radius 1 is 1.33 bits per heavy atom. The summed E-state index contributed by atoms with van der Waals surface area (Å²) in [6.45, 7) is 7.81. The summed E-state index contributed by atoms with van der Waals surface area (Å²) < 4.78 is 5.32. The Morgan fingerprint density at radius 2 is 2.00 bits per heavy atom. The molecule has 1 heterocycles. The molecule has 0 amide bonds. The SMILES string of the molecule is C=C1C(=O)OC2C=C(C)CC(O)CC(C)=CCC12. The molecular formula is C15H20O3. The van der Waals surface area contributed by atoms with Crippen LogP contribution in [-0.2, 0) is 9.53 Å². The molecule has 0 aromatic rings. The number of allylic oxidation sites excluding steroid dienone is 1. The minimum Gasteiger partial charge on any atom is -0.454 e. The van der Waals surface area contributed by atoms with Crippen LogP contribution in [0.3, 0.4) is 0 Å². The summed E-state index contributed by atoms with van der Waals surface area (Å²) in [6.07, 6.45) is 5.52. The van der Waals surface area contributed by atoms with E-state index < -0.39 is 0 Å². The average Bonchev–Trinajstić information content (AvgIpc) is 2.51. The fourth-order valence-electron chi connectivity index (χ4n) is 2.63. The highest BCUT2D eigenvalue weighted by Gasteiger charge is 2.36. The summed E-state index contributed by atoms with van der Waals surface area (Å²) in [5, 5.41) is 9.91. The number of carbonyl (C=O) groups excluding carboxylic acids is 1. The second-order valence-corrected chi connectivity index (χ2v) is 5.36. The Bertz CT molecular complexity index is 431. The number of hydrogen-bond donors (Lipinski definition) is 1. The number of hydrogen-bond acceptors (Lipinski definition) is 3. The highest BCUT2D eigenvalue weighted by atomic mass is 16.5. The summed E-state index contributed by atoms with van der Waals surface area (Å²) in [5.41, 5.74) is 2.78. The van der Waals surface area contributed by atoms with Gasteiger partial charge in [-0.3, -0.25) is 0 Å². The first-order valence-corrected chi connectivity index (χ1v) is 6.38. The molecule has 0 aromatic carbocycles.